The number of methoxy groups -OCH3 is 1. The molecule has 1 heterocycles. The molecule has 19 heavy (non-hydrogen) atoms. The number of sulfonamides is 1. The van der Waals surface area contributed by atoms with E-state index in [0.717, 1.165) is 0 Å². The topological polar surface area (TPSA) is 75.7 Å². The van der Waals surface area contributed by atoms with Crippen LogP contribution < -0.4 is 4.72 Å². The van der Waals surface area contributed by atoms with E-state index >= 15 is 0 Å². The van der Waals surface area contributed by atoms with E-state index in [4.69, 9.17) is 4.74 Å². The molecular formula is C12H24N2O4S. The van der Waals surface area contributed by atoms with Crippen LogP contribution in [0.3, 0.4) is 0 Å². The summed E-state index contributed by atoms with van der Waals surface area (Å²) < 4.78 is 30.8. The molecule has 1 rings (SSSR count). The van der Waals surface area contributed by atoms with Gasteiger partial charge in [-0.1, -0.05) is 6.92 Å². The molecule has 1 aliphatic heterocycles. The second kappa shape index (κ2) is 6.67. The van der Waals surface area contributed by atoms with Crippen LogP contribution in [0, 0.1) is 0 Å². The van der Waals surface area contributed by atoms with E-state index in [2.05, 4.69) is 4.72 Å². The molecule has 0 unspecified atom stereocenters. The monoisotopic (exact) mass is 292 g/mol. The normalized spacial score (nSPS) is 19.4. The fourth-order valence-electron chi connectivity index (χ4n) is 2.50. The first-order valence-electron chi connectivity index (χ1n) is 6.57. The molecule has 1 fully saturated rings. The van der Waals surface area contributed by atoms with Gasteiger partial charge in [0.2, 0.25) is 15.9 Å². The highest BCUT2D eigenvalue weighted by molar-refractivity contribution is 7.88. The van der Waals surface area contributed by atoms with Crippen LogP contribution in [0.15, 0.2) is 0 Å². The summed E-state index contributed by atoms with van der Waals surface area (Å²) in [7, 11) is -1.66. The fourth-order valence-corrected chi connectivity index (χ4v) is 3.59. The Morgan fingerprint density at radius 2 is 1.95 bits per heavy atom. The van der Waals surface area contributed by atoms with Crippen molar-refractivity contribution in [1.82, 2.24) is 9.62 Å². The molecule has 0 atom stereocenters. The highest BCUT2D eigenvalue weighted by Gasteiger charge is 2.37. The highest BCUT2D eigenvalue weighted by atomic mass is 32.2. The van der Waals surface area contributed by atoms with Gasteiger partial charge in [-0.25, -0.2) is 13.1 Å². The highest BCUT2D eigenvalue weighted by Crippen LogP contribution is 2.27. The number of carbonyl (C=O) groups is 1. The van der Waals surface area contributed by atoms with E-state index in [1.54, 1.807) is 12.0 Å². The van der Waals surface area contributed by atoms with Gasteiger partial charge in [-0.3, -0.25) is 4.79 Å². The maximum absolute atomic E-state index is 11.6. The molecule has 1 saturated heterocycles. The van der Waals surface area contributed by atoms with Crippen molar-refractivity contribution in [3.05, 3.63) is 0 Å². The molecule has 0 bridgehead atoms. The summed E-state index contributed by atoms with van der Waals surface area (Å²) >= 11 is 0. The molecule has 0 saturated carbocycles. The summed E-state index contributed by atoms with van der Waals surface area (Å²) in [5.41, 5.74) is -0.478. The zero-order valence-electron chi connectivity index (χ0n) is 11.9. The predicted molar refractivity (Wildman–Crippen MR) is 73.3 cm³/mol. The van der Waals surface area contributed by atoms with Crippen molar-refractivity contribution in [2.75, 3.05) is 33.1 Å². The lowest BCUT2D eigenvalue weighted by Crippen LogP contribution is -2.56. The Hall–Kier alpha value is -0.660. The molecule has 0 aromatic heterocycles. The van der Waals surface area contributed by atoms with Crippen molar-refractivity contribution in [1.29, 1.82) is 0 Å². The number of nitrogens with zero attached hydrogens (tertiary/aromatic N) is 1. The number of piperidine rings is 1. The van der Waals surface area contributed by atoms with Crippen LogP contribution in [0.25, 0.3) is 0 Å². The van der Waals surface area contributed by atoms with Crippen molar-refractivity contribution < 1.29 is 17.9 Å². The van der Waals surface area contributed by atoms with Crippen LogP contribution in [0.5, 0.6) is 0 Å². The van der Waals surface area contributed by atoms with E-state index in [1.165, 1.54) is 6.26 Å². The van der Waals surface area contributed by atoms with Crippen LogP contribution in [-0.2, 0) is 19.6 Å². The minimum absolute atomic E-state index is 0.125. The smallest absolute Gasteiger partial charge is 0.222 e. The van der Waals surface area contributed by atoms with Crippen LogP contribution in [-0.4, -0.2) is 57.8 Å². The van der Waals surface area contributed by atoms with Crippen molar-refractivity contribution in [2.45, 2.75) is 38.1 Å². The molecule has 0 aliphatic carbocycles. The van der Waals surface area contributed by atoms with E-state index in [1.807, 2.05) is 6.92 Å². The summed E-state index contributed by atoms with van der Waals surface area (Å²) in [6.07, 6.45) is 3.56. The quantitative estimate of drug-likeness (QED) is 0.766. The lowest BCUT2D eigenvalue weighted by molar-refractivity contribution is -0.132. The third-order valence-corrected chi connectivity index (χ3v) is 4.37. The van der Waals surface area contributed by atoms with Crippen LogP contribution in [0.4, 0.5) is 0 Å². The summed E-state index contributed by atoms with van der Waals surface area (Å²) in [5, 5.41) is 0. The third kappa shape index (κ3) is 5.08. The maximum atomic E-state index is 11.6. The Bertz CT molecular complexity index is 400. The zero-order chi connectivity index (χ0) is 14.5. The first kappa shape index (κ1) is 16.4. The lowest BCUT2D eigenvalue weighted by atomic mass is 9.85. The van der Waals surface area contributed by atoms with E-state index < -0.39 is 15.6 Å². The molecule has 6 nitrogen and oxygen atoms in total. The Labute approximate surface area is 115 Å². The van der Waals surface area contributed by atoms with Crippen molar-refractivity contribution in [3.63, 3.8) is 0 Å². The molecular weight excluding hydrogens is 268 g/mol. The molecule has 7 heteroatoms. The molecule has 112 valence electrons. The fraction of sp³-hybridized carbons (Fsp3) is 0.917. The second-order valence-corrected chi connectivity index (χ2v) is 6.88. The third-order valence-electron chi connectivity index (χ3n) is 3.56. The summed E-state index contributed by atoms with van der Waals surface area (Å²) in [5.74, 6) is 0.125. The van der Waals surface area contributed by atoms with Gasteiger partial charge in [0.05, 0.1) is 6.26 Å². The standard InChI is InChI=1S/C12H24N2O4S/c1-4-11(15)14-8-5-12(6-9-14,7-10-18-2)13-19(3,16)17/h13H,4-10H2,1-3H3. The number of ether oxygens (including phenoxy) is 1. The Morgan fingerprint density at radius 1 is 1.37 bits per heavy atom. The minimum atomic E-state index is -3.26. The van der Waals surface area contributed by atoms with Crippen LogP contribution >= 0.6 is 0 Å². The number of carbonyl (C=O) groups excluding carboxylic acids is 1. The predicted octanol–water partition coefficient (Wildman–Crippen LogP) is 0.343. The SMILES string of the molecule is CCC(=O)N1CCC(CCOC)(NS(C)(=O)=O)CC1. The Balaban J connectivity index is 2.71. The van der Waals surface area contributed by atoms with Gasteiger partial charge in [0, 0.05) is 38.8 Å². The van der Waals surface area contributed by atoms with Gasteiger partial charge in [-0.2, -0.15) is 0 Å². The molecule has 0 aromatic rings. The number of nitrogens with one attached hydrogen (secondary N) is 1. The Kier molecular flexibility index (Phi) is 5.76. The number of likely N-dealkylation sites (tertiary alicyclic amines) is 1. The molecule has 0 radical (unpaired) electrons. The van der Waals surface area contributed by atoms with Gasteiger partial charge in [0.15, 0.2) is 0 Å². The molecule has 1 N–H and O–H groups in total. The van der Waals surface area contributed by atoms with E-state index in [0.29, 0.717) is 45.4 Å². The molecule has 1 aliphatic rings. The number of amides is 1. The average Bonchev–Trinajstić information content (AvgIpc) is 2.34. The van der Waals surface area contributed by atoms with Gasteiger partial charge in [0.1, 0.15) is 0 Å². The minimum Gasteiger partial charge on any atom is -0.385 e. The summed E-state index contributed by atoms with van der Waals surface area (Å²) in [6, 6.07) is 0. The van der Waals surface area contributed by atoms with Crippen molar-refractivity contribution in [3.8, 4) is 0 Å². The first-order valence-corrected chi connectivity index (χ1v) is 8.47. The largest absolute Gasteiger partial charge is 0.385 e. The van der Waals surface area contributed by atoms with Gasteiger partial charge in [-0.15, -0.1) is 0 Å². The number of hydrogen-bond donors (Lipinski definition) is 1. The van der Waals surface area contributed by atoms with Gasteiger partial charge >= 0.3 is 0 Å². The van der Waals surface area contributed by atoms with Crippen molar-refractivity contribution in [2.24, 2.45) is 0 Å². The number of rotatable bonds is 6. The maximum Gasteiger partial charge on any atom is 0.222 e. The van der Waals surface area contributed by atoms with Gasteiger partial charge < -0.3 is 9.64 Å². The molecule has 0 spiro atoms. The van der Waals surface area contributed by atoms with Crippen LogP contribution in [0.1, 0.15) is 32.6 Å². The van der Waals surface area contributed by atoms with Gasteiger partial charge in [0.25, 0.3) is 0 Å². The van der Waals surface area contributed by atoms with Crippen LogP contribution in [0.2, 0.25) is 0 Å². The van der Waals surface area contributed by atoms with E-state index in [-0.39, 0.29) is 5.91 Å². The summed E-state index contributed by atoms with van der Waals surface area (Å²) in [4.78, 5) is 13.4. The zero-order valence-corrected chi connectivity index (χ0v) is 12.8. The Morgan fingerprint density at radius 3 is 2.37 bits per heavy atom. The molecule has 1 amide bonds. The van der Waals surface area contributed by atoms with Crippen molar-refractivity contribution >= 4 is 15.9 Å². The van der Waals surface area contributed by atoms with Gasteiger partial charge in [-0.05, 0) is 19.3 Å². The number of hydrogen-bond acceptors (Lipinski definition) is 4. The van der Waals surface area contributed by atoms with E-state index in [9.17, 15) is 13.2 Å². The average molecular weight is 292 g/mol. The first-order chi connectivity index (χ1) is 8.82. The lowest BCUT2D eigenvalue weighted by Gasteiger charge is -2.41. The molecule has 0 aromatic carbocycles. The second-order valence-electron chi connectivity index (χ2n) is 5.13. The summed E-state index contributed by atoms with van der Waals surface area (Å²) in [6.45, 7) is 3.53.